The van der Waals surface area contributed by atoms with Crippen molar-refractivity contribution in [2.45, 2.75) is 20.1 Å². The van der Waals surface area contributed by atoms with Gasteiger partial charge in [-0.1, -0.05) is 35.5 Å². The SMILES string of the molecule is Cc1nnn(CCNC(=O)c2ncc(-c3ccccc3)s2)c1CO. The number of benzene rings is 1. The number of carbonyl (C=O) groups excluding carboxylic acids is 1. The summed E-state index contributed by atoms with van der Waals surface area (Å²) in [6.07, 6.45) is 1.71. The predicted octanol–water partition coefficient (Wildman–Crippen LogP) is 1.63. The minimum absolute atomic E-state index is 0.125. The second-order valence-electron chi connectivity index (χ2n) is 5.15. The quantitative estimate of drug-likeness (QED) is 0.710. The van der Waals surface area contributed by atoms with Crippen LogP contribution >= 0.6 is 11.3 Å². The van der Waals surface area contributed by atoms with E-state index in [2.05, 4.69) is 20.6 Å². The van der Waals surface area contributed by atoms with Crippen LogP contribution in [0.4, 0.5) is 0 Å². The number of aliphatic hydroxyl groups is 1. The number of aliphatic hydroxyl groups excluding tert-OH is 1. The second kappa shape index (κ2) is 7.33. The van der Waals surface area contributed by atoms with Gasteiger partial charge in [0.1, 0.15) is 0 Å². The first-order chi connectivity index (χ1) is 11.7. The van der Waals surface area contributed by atoms with E-state index in [1.54, 1.807) is 17.8 Å². The highest BCUT2D eigenvalue weighted by molar-refractivity contribution is 7.16. The maximum atomic E-state index is 12.2. The Labute approximate surface area is 143 Å². The normalized spacial score (nSPS) is 10.8. The van der Waals surface area contributed by atoms with Gasteiger partial charge in [0, 0.05) is 12.7 Å². The van der Waals surface area contributed by atoms with Crippen LogP contribution in [0.25, 0.3) is 10.4 Å². The molecule has 1 amide bonds. The number of carbonyl (C=O) groups is 1. The van der Waals surface area contributed by atoms with Crippen LogP contribution in [0, 0.1) is 6.92 Å². The molecule has 0 unspecified atom stereocenters. The zero-order valence-corrected chi connectivity index (χ0v) is 14.0. The zero-order chi connectivity index (χ0) is 16.9. The molecular weight excluding hydrogens is 326 g/mol. The number of hydrogen-bond acceptors (Lipinski definition) is 6. The van der Waals surface area contributed by atoms with Crippen molar-refractivity contribution < 1.29 is 9.90 Å². The highest BCUT2D eigenvalue weighted by Gasteiger charge is 2.13. The van der Waals surface area contributed by atoms with Gasteiger partial charge in [-0.15, -0.1) is 16.4 Å². The van der Waals surface area contributed by atoms with Crippen LogP contribution in [0.1, 0.15) is 21.2 Å². The monoisotopic (exact) mass is 343 g/mol. The lowest BCUT2D eigenvalue weighted by Crippen LogP contribution is -2.27. The number of nitrogens with one attached hydrogen (secondary N) is 1. The van der Waals surface area contributed by atoms with E-state index in [9.17, 15) is 9.90 Å². The van der Waals surface area contributed by atoms with Crippen LogP contribution in [-0.2, 0) is 13.2 Å². The molecule has 0 spiro atoms. The molecule has 0 aliphatic heterocycles. The van der Waals surface area contributed by atoms with Gasteiger partial charge in [0.15, 0.2) is 5.01 Å². The average molecular weight is 343 g/mol. The van der Waals surface area contributed by atoms with Gasteiger partial charge in [-0.25, -0.2) is 9.67 Å². The predicted molar refractivity (Wildman–Crippen MR) is 90.6 cm³/mol. The molecule has 2 N–H and O–H groups in total. The van der Waals surface area contributed by atoms with E-state index in [0.717, 1.165) is 10.4 Å². The maximum Gasteiger partial charge on any atom is 0.280 e. The minimum atomic E-state index is -0.218. The third kappa shape index (κ3) is 3.50. The number of thiazole rings is 1. The Balaban J connectivity index is 1.59. The van der Waals surface area contributed by atoms with Crippen LogP contribution < -0.4 is 5.32 Å². The molecule has 24 heavy (non-hydrogen) atoms. The molecule has 2 heterocycles. The molecule has 0 aliphatic rings. The number of nitrogens with zero attached hydrogens (tertiary/aromatic N) is 4. The molecule has 0 saturated carbocycles. The van der Waals surface area contributed by atoms with Crippen LogP contribution in [0.2, 0.25) is 0 Å². The van der Waals surface area contributed by atoms with Gasteiger partial charge in [0.2, 0.25) is 0 Å². The third-order valence-electron chi connectivity index (χ3n) is 3.55. The summed E-state index contributed by atoms with van der Waals surface area (Å²) in [5.74, 6) is -0.218. The van der Waals surface area contributed by atoms with E-state index in [-0.39, 0.29) is 12.5 Å². The molecule has 1 aromatic carbocycles. The molecule has 0 fully saturated rings. The highest BCUT2D eigenvalue weighted by atomic mass is 32.1. The summed E-state index contributed by atoms with van der Waals surface area (Å²) in [7, 11) is 0. The van der Waals surface area contributed by atoms with Crippen LogP contribution in [0.15, 0.2) is 36.5 Å². The van der Waals surface area contributed by atoms with Gasteiger partial charge >= 0.3 is 0 Å². The maximum absolute atomic E-state index is 12.2. The first kappa shape index (κ1) is 16.3. The van der Waals surface area contributed by atoms with Crippen LogP contribution in [0.3, 0.4) is 0 Å². The van der Waals surface area contributed by atoms with E-state index in [4.69, 9.17) is 0 Å². The summed E-state index contributed by atoms with van der Waals surface area (Å²) in [5.41, 5.74) is 2.39. The highest BCUT2D eigenvalue weighted by Crippen LogP contribution is 2.25. The number of hydrogen-bond donors (Lipinski definition) is 2. The van der Waals surface area contributed by atoms with E-state index in [1.807, 2.05) is 30.3 Å². The lowest BCUT2D eigenvalue weighted by molar-refractivity contribution is 0.0951. The Bertz CT molecular complexity index is 828. The summed E-state index contributed by atoms with van der Waals surface area (Å²) >= 11 is 1.35. The molecule has 3 rings (SSSR count). The number of aromatic nitrogens is 4. The van der Waals surface area contributed by atoms with Crippen molar-refractivity contribution >= 4 is 17.2 Å². The molecule has 2 aromatic heterocycles. The summed E-state index contributed by atoms with van der Waals surface area (Å²) in [6, 6.07) is 9.82. The molecule has 0 aliphatic carbocycles. The molecule has 3 aromatic rings. The van der Waals surface area contributed by atoms with Gasteiger partial charge in [0.05, 0.1) is 29.4 Å². The first-order valence-corrected chi connectivity index (χ1v) is 8.30. The minimum Gasteiger partial charge on any atom is -0.390 e. The van der Waals surface area contributed by atoms with Crippen molar-refractivity contribution in [2.24, 2.45) is 0 Å². The number of aryl methyl sites for hydroxylation is 1. The third-order valence-corrected chi connectivity index (χ3v) is 4.59. The van der Waals surface area contributed by atoms with E-state index in [0.29, 0.717) is 29.5 Å². The summed E-state index contributed by atoms with van der Waals surface area (Å²) in [6.45, 7) is 2.49. The van der Waals surface area contributed by atoms with Gasteiger partial charge < -0.3 is 10.4 Å². The Morgan fingerprint density at radius 1 is 1.33 bits per heavy atom. The smallest absolute Gasteiger partial charge is 0.280 e. The van der Waals surface area contributed by atoms with Gasteiger partial charge in [-0.3, -0.25) is 4.79 Å². The Morgan fingerprint density at radius 3 is 2.88 bits per heavy atom. The first-order valence-electron chi connectivity index (χ1n) is 7.48. The van der Waals surface area contributed by atoms with Crippen molar-refractivity contribution in [2.75, 3.05) is 6.54 Å². The molecule has 0 saturated heterocycles. The standard InChI is InChI=1S/C16H17N5O2S/c1-11-13(10-22)21(20-19-11)8-7-17-15(23)16-18-9-14(24-16)12-5-3-2-4-6-12/h2-6,9,22H,7-8,10H2,1H3,(H,17,23). The summed E-state index contributed by atoms with van der Waals surface area (Å²) in [5, 5.41) is 20.4. The molecule has 8 heteroatoms. The lowest BCUT2D eigenvalue weighted by Gasteiger charge is -2.05. The average Bonchev–Trinajstić information content (AvgIpc) is 3.23. The van der Waals surface area contributed by atoms with Crippen LogP contribution in [0.5, 0.6) is 0 Å². The molecule has 7 nitrogen and oxygen atoms in total. The van der Waals surface area contributed by atoms with Crippen molar-refractivity contribution in [3.63, 3.8) is 0 Å². The van der Waals surface area contributed by atoms with E-state index < -0.39 is 0 Å². The van der Waals surface area contributed by atoms with E-state index in [1.165, 1.54) is 11.3 Å². The summed E-state index contributed by atoms with van der Waals surface area (Å²) < 4.78 is 1.59. The Hall–Kier alpha value is -2.58. The van der Waals surface area contributed by atoms with Crippen molar-refractivity contribution in [1.29, 1.82) is 0 Å². The number of rotatable bonds is 6. The van der Waals surface area contributed by atoms with Crippen LogP contribution in [-0.4, -0.2) is 37.5 Å². The molecule has 124 valence electrons. The molecule has 0 bridgehead atoms. The van der Waals surface area contributed by atoms with Gasteiger partial charge in [-0.05, 0) is 12.5 Å². The van der Waals surface area contributed by atoms with Crippen molar-refractivity contribution in [1.82, 2.24) is 25.3 Å². The van der Waals surface area contributed by atoms with Crippen molar-refractivity contribution in [3.05, 3.63) is 52.9 Å². The topological polar surface area (TPSA) is 92.9 Å². The largest absolute Gasteiger partial charge is 0.390 e. The van der Waals surface area contributed by atoms with Gasteiger partial charge in [0.25, 0.3) is 5.91 Å². The van der Waals surface area contributed by atoms with E-state index >= 15 is 0 Å². The number of amides is 1. The molecule has 0 atom stereocenters. The van der Waals surface area contributed by atoms with Crippen molar-refractivity contribution in [3.8, 4) is 10.4 Å². The molecule has 0 radical (unpaired) electrons. The fourth-order valence-corrected chi connectivity index (χ4v) is 3.10. The summed E-state index contributed by atoms with van der Waals surface area (Å²) in [4.78, 5) is 17.3. The zero-order valence-electron chi connectivity index (χ0n) is 13.1. The lowest BCUT2D eigenvalue weighted by atomic mass is 10.2. The van der Waals surface area contributed by atoms with Gasteiger partial charge in [-0.2, -0.15) is 0 Å². The fraction of sp³-hybridized carbons (Fsp3) is 0.250. The Morgan fingerprint density at radius 2 is 2.12 bits per heavy atom. The molecular formula is C16H17N5O2S. The Kier molecular flexibility index (Phi) is 4.97. The fourth-order valence-electron chi connectivity index (χ4n) is 2.26. The second-order valence-corrected chi connectivity index (χ2v) is 6.19.